The minimum Gasteiger partial charge on any atom is -0.487 e. The number of nitrogens with two attached hydrogens (primary N) is 1. The van der Waals surface area contributed by atoms with Gasteiger partial charge >= 0.3 is 0 Å². The van der Waals surface area contributed by atoms with Crippen molar-refractivity contribution in [3.8, 4) is 5.75 Å². The van der Waals surface area contributed by atoms with Gasteiger partial charge in [0.05, 0.1) is 10.2 Å². The zero-order chi connectivity index (χ0) is 12.0. The van der Waals surface area contributed by atoms with Crippen LogP contribution in [-0.2, 0) is 0 Å². The second-order valence-corrected chi connectivity index (χ2v) is 5.99. The van der Waals surface area contributed by atoms with Gasteiger partial charge in [-0.15, -0.1) is 0 Å². The first kappa shape index (κ1) is 11.3. The molecule has 3 rings (SSSR count). The fraction of sp³-hybridized carbons (Fsp3) is 0.538. The van der Waals surface area contributed by atoms with Gasteiger partial charge in [-0.25, -0.2) is 4.39 Å². The third-order valence-corrected chi connectivity index (χ3v) is 4.57. The van der Waals surface area contributed by atoms with Gasteiger partial charge in [0.25, 0.3) is 0 Å². The number of ether oxygens (including phenoxy) is 1. The van der Waals surface area contributed by atoms with Gasteiger partial charge in [0.15, 0.2) is 5.75 Å². The lowest BCUT2D eigenvalue weighted by Gasteiger charge is -2.24. The first-order chi connectivity index (χ1) is 8.13. The lowest BCUT2D eigenvalue weighted by Crippen LogP contribution is -2.24. The van der Waals surface area contributed by atoms with Crippen LogP contribution in [0.4, 0.5) is 10.1 Å². The van der Waals surface area contributed by atoms with Crippen LogP contribution < -0.4 is 10.5 Å². The molecule has 1 aromatic rings. The van der Waals surface area contributed by atoms with Crippen molar-refractivity contribution in [2.24, 2.45) is 11.8 Å². The number of benzene rings is 1. The summed E-state index contributed by atoms with van der Waals surface area (Å²) in [7, 11) is 0. The Morgan fingerprint density at radius 3 is 2.71 bits per heavy atom. The van der Waals surface area contributed by atoms with E-state index in [4.69, 9.17) is 10.5 Å². The first-order valence-electron chi connectivity index (χ1n) is 6.04. The van der Waals surface area contributed by atoms with Crippen LogP contribution >= 0.6 is 15.9 Å². The van der Waals surface area contributed by atoms with Crippen molar-refractivity contribution in [3.05, 3.63) is 22.4 Å². The molecule has 0 amide bonds. The quantitative estimate of drug-likeness (QED) is 0.845. The fourth-order valence-electron chi connectivity index (χ4n) is 3.19. The van der Waals surface area contributed by atoms with Crippen molar-refractivity contribution >= 4 is 21.6 Å². The molecule has 2 aliphatic rings. The van der Waals surface area contributed by atoms with E-state index in [0.717, 1.165) is 12.3 Å². The van der Waals surface area contributed by atoms with E-state index in [1.165, 1.54) is 31.4 Å². The molecule has 2 N–H and O–H groups in total. The summed E-state index contributed by atoms with van der Waals surface area (Å²) in [6.45, 7) is 0. The summed E-state index contributed by atoms with van der Waals surface area (Å²) in [5.74, 6) is 1.75. The summed E-state index contributed by atoms with van der Waals surface area (Å²) in [4.78, 5) is 0. The van der Waals surface area contributed by atoms with E-state index in [2.05, 4.69) is 15.9 Å². The minimum absolute atomic E-state index is 0.262. The molecule has 0 aromatic heterocycles. The Bertz CT molecular complexity index is 428. The highest BCUT2D eigenvalue weighted by molar-refractivity contribution is 9.10. The van der Waals surface area contributed by atoms with E-state index in [1.54, 1.807) is 0 Å². The highest BCUT2D eigenvalue weighted by atomic mass is 79.9. The lowest BCUT2D eigenvalue weighted by atomic mass is 9.98. The SMILES string of the molecule is Nc1cc(F)cc(Br)c1OC1CC2CCC1C2. The molecule has 3 unspecified atom stereocenters. The van der Waals surface area contributed by atoms with E-state index in [9.17, 15) is 4.39 Å². The van der Waals surface area contributed by atoms with Crippen molar-refractivity contribution in [2.45, 2.75) is 31.8 Å². The van der Waals surface area contributed by atoms with Crippen LogP contribution in [0.5, 0.6) is 5.75 Å². The lowest BCUT2D eigenvalue weighted by molar-refractivity contribution is 0.138. The molecule has 2 nitrogen and oxygen atoms in total. The third kappa shape index (κ3) is 2.03. The largest absolute Gasteiger partial charge is 0.487 e. The second kappa shape index (κ2) is 4.16. The van der Waals surface area contributed by atoms with E-state index in [0.29, 0.717) is 21.8 Å². The van der Waals surface area contributed by atoms with E-state index in [-0.39, 0.29) is 11.9 Å². The zero-order valence-corrected chi connectivity index (χ0v) is 11.0. The maximum atomic E-state index is 13.1. The van der Waals surface area contributed by atoms with Crippen molar-refractivity contribution in [1.29, 1.82) is 0 Å². The van der Waals surface area contributed by atoms with Gasteiger partial charge in [-0.3, -0.25) is 0 Å². The van der Waals surface area contributed by atoms with Gasteiger partial charge in [0, 0.05) is 6.07 Å². The van der Waals surface area contributed by atoms with E-state index < -0.39 is 0 Å². The molecule has 4 heteroatoms. The van der Waals surface area contributed by atoms with Crippen molar-refractivity contribution in [2.75, 3.05) is 5.73 Å². The number of halogens is 2. The van der Waals surface area contributed by atoms with Crippen LogP contribution in [0.25, 0.3) is 0 Å². The first-order valence-corrected chi connectivity index (χ1v) is 6.84. The Hall–Kier alpha value is -0.770. The molecule has 0 aliphatic heterocycles. The molecular weight excluding hydrogens is 285 g/mol. The number of fused-ring (bicyclic) bond motifs is 2. The standard InChI is InChI=1S/C13H15BrFNO/c14-10-5-9(15)6-11(16)13(10)17-12-4-7-1-2-8(12)3-7/h5-8,12H,1-4,16H2. The number of hydrogen-bond donors (Lipinski definition) is 1. The summed E-state index contributed by atoms with van der Waals surface area (Å²) < 4.78 is 19.7. The highest BCUT2D eigenvalue weighted by Gasteiger charge is 2.41. The molecule has 2 bridgehead atoms. The Morgan fingerprint density at radius 1 is 1.29 bits per heavy atom. The molecule has 0 heterocycles. The third-order valence-electron chi connectivity index (χ3n) is 3.98. The summed E-state index contributed by atoms with van der Waals surface area (Å²) in [6.07, 6.45) is 5.26. The van der Waals surface area contributed by atoms with Gasteiger partial charge < -0.3 is 10.5 Å². The molecule has 0 saturated heterocycles. The summed E-state index contributed by atoms with van der Waals surface area (Å²) in [6, 6.07) is 2.71. The molecule has 1 aromatic carbocycles. The van der Waals surface area contributed by atoms with Gasteiger partial charge in [-0.2, -0.15) is 0 Å². The molecule has 0 radical (unpaired) electrons. The topological polar surface area (TPSA) is 35.2 Å². The smallest absolute Gasteiger partial charge is 0.156 e. The molecule has 0 spiro atoms. The van der Waals surface area contributed by atoms with Crippen molar-refractivity contribution in [1.82, 2.24) is 0 Å². The normalized spacial score (nSPS) is 30.8. The van der Waals surface area contributed by atoms with E-state index in [1.807, 2.05) is 0 Å². The maximum absolute atomic E-state index is 13.1. The van der Waals surface area contributed by atoms with Crippen molar-refractivity contribution in [3.63, 3.8) is 0 Å². The Labute approximate surface area is 108 Å². The summed E-state index contributed by atoms with van der Waals surface area (Å²) >= 11 is 3.31. The summed E-state index contributed by atoms with van der Waals surface area (Å²) in [5, 5.41) is 0. The molecular formula is C13H15BrFNO. The Morgan fingerprint density at radius 2 is 2.12 bits per heavy atom. The van der Waals surface area contributed by atoms with Crippen LogP contribution in [0.15, 0.2) is 16.6 Å². The van der Waals surface area contributed by atoms with Crippen LogP contribution in [0, 0.1) is 17.7 Å². The number of rotatable bonds is 2. The van der Waals surface area contributed by atoms with E-state index >= 15 is 0 Å². The van der Waals surface area contributed by atoms with Crippen LogP contribution in [0.2, 0.25) is 0 Å². The molecule has 92 valence electrons. The zero-order valence-electron chi connectivity index (χ0n) is 9.46. The molecule has 3 atom stereocenters. The molecule has 2 fully saturated rings. The van der Waals surface area contributed by atoms with Gasteiger partial charge in [0.1, 0.15) is 11.9 Å². The fourth-order valence-corrected chi connectivity index (χ4v) is 3.73. The average molecular weight is 300 g/mol. The summed E-state index contributed by atoms with van der Waals surface area (Å²) in [5.41, 5.74) is 6.18. The van der Waals surface area contributed by atoms with Crippen LogP contribution in [-0.4, -0.2) is 6.10 Å². The van der Waals surface area contributed by atoms with Gasteiger partial charge in [-0.1, -0.05) is 0 Å². The van der Waals surface area contributed by atoms with Crippen LogP contribution in [0.3, 0.4) is 0 Å². The maximum Gasteiger partial charge on any atom is 0.156 e. The Kier molecular flexibility index (Phi) is 2.77. The highest BCUT2D eigenvalue weighted by Crippen LogP contribution is 2.47. The van der Waals surface area contributed by atoms with Crippen LogP contribution in [0.1, 0.15) is 25.7 Å². The number of nitrogen functional groups attached to an aromatic ring is 1. The predicted molar refractivity (Wildman–Crippen MR) is 68.4 cm³/mol. The van der Waals surface area contributed by atoms with Crippen molar-refractivity contribution < 1.29 is 9.13 Å². The number of anilines is 1. The minimum atomic E-state index is -0.338. The second-order valence-electron chi connectivity index (χ2n) is 5.14. The van der Waals surface area contributed by atoms with Gasteiger partial charge in [0.2, 0.25) is 0 Å². The molecule has 17 heavy (non-hydrogen) atoms. The van der Waals surface area contributed by atoms with Gasteiger partial charge in [-0.05, 0) is 59.5 Å². The molecule has 2 saturated carbocycles. The average Bonchev–Trinajstić information content (AvgIpc) is 2.84. The Balaban J connectivity index is 1.81. The number of hydrogen-bond acceptors (Lipinski definition) is 2. The molecule has 2 aliphatic carbocycles. The predicted octanol–water partition coefficient (Wildman–Crippen LogP) is 3.74. The monoisotopic (exact) mass is 299 g/mol.